The highest BCUT2D eigenvalue weighted by Crippen LogP contribution is 2.34. The minimum absolute atomic E-state index is 0.503. The van der Waals surface area contributed by atoms with E-state index in [2.05, 4.69) is 12.1 Å². The van der Waals surface area contributed by atoms with Crippen LogP contribution >= 0.6 is 0 Å². The molecule has 1 heterocycles. The zero-order chi connectivity index (χ0) is 13.1. The van der Waals surface area contributed by atoms with Gasteiger partial charge in [0, 0.05) is 22.9 Å². The molecular formula is C17H13NO. The van der Waals surface area contributed by atoms with Crippen LogP contribution in [0.2, 0.25) is 0 Å². The SMILES string of the molecule is N#CCCc1c(-c2ccccc2)oc2ccccc12. The number of nitrogens with zero attached hydrogens (tertiary/aromatic N) is 1. The smallest absolute Gasteiger partial charge is 0.138 e. The van der Waals surface area contributed by atoms with E-state index in [1.807, 2.05) is 48.5 Å². The number of rotatable bonds is 3. The van der Waals surface area contributed by atoms with Gasteiger partial charge in [-0.25, -0.2) is 0 Å². The highest BCUT2D eigenvalue weighted by molar-refractivity contribution is 5.87. The highest BCUT2D eigenvalue weighted by atomic mass is 16.3. The van der Waals surface area contributed by atoms with Gasteiger partial charge in [-0.15, -0.1) is 0 Å². The standard InChI is InChI=1S/C17H13NO/c18-12-6-10-15-14-9-4-5-11-16(14)19-17(15)13-7-2-1-3-8-13/h1-5,7-9,11H,6,10H2. The fourth-order valence-corrected chi connectivity index (χ4v) is 2.35. The second-order valence-corrected chi connectivity index (χ2v) is 4.43. The summed E-state index contributed by atoms with van der Waals surface area (Å²) in [4.78, 5) is 0. The Morgan fingerprint density at radius 3 is 2.47 bits per heavy atom. The van der Waals surface area contributed by atoms with Crippen LogP contribution in [0.1, 0.15) is 12.0 Å². The van der Waals surface area contributed by atoms with E-state index >= 15 is 0 Å². The summed E-state index contributed by atoms with van der Waals surface area (Å²) in [5.41, 5.74) is 3.07. The Morgan fingerprint density at radius 2 is 1.68 bits per heavy atom. The van der Waals surface area contributed by atoms with Crippen LogP contribution in [0.4, 0.5) is 0 Å². The van der Waals surface area contributed by atoms with E-state index in [4.69, 9.17) is 9.68 Å². The van der Waals surface area contributed by atoms with Crippen LogP contribution < -0.4 is 0 Å². The number of fused-ring (bicyclic) bond motifs is 1. The fraction of sp³-hybridized carbons (Fsp3) is 0.118. The topological polar surface area (TPSA) is 36.9 Å². The summed E-state index contributed by atoms with van der Waals surface area (Å²) in [6.07, 6.45) is 1.22. The molecule has 0 fully saturated rings. The first-order valence-corrected chi connectivity index (χ1v) is 6.33. The largest absolute Gasteiger partial charge is 0.456 e. The van der Waals surface area contributed by atoms with Gasteiger partial charge in [0.05, 0.1) is 6.07 Å². The third kappa shape index (κ3) is 2.11. The summed E-state index contributed by atoms with van der Waals surface area (Å²) in [6, 6.07) is 20.3. The molecule has 0 N–H and O–H groups in total. The molecule has 19 heavy (non-hydrogen) atoms. The minimum Gasteiger partial charge on any atom is -0.456 e. The zero-order valence-electron chi connectivity index (χ0n) is 10.5. The van der Waals surface area contributed by atoms with Crippen LogP contribution in [0.5, 0.6) is 0 Å². The Hall–Kier alpha value is -2.53. The third-order valence-electron chi connectivity index (χ3n) is 3.22. The number of benzene rings is 2. The van der Waals surface area contributed by atoms with Gasteiger partial charge >= 0.3 is 0 Å². The fourth-order valence-electron chi connectivity index (χ4n) is 2.35. The van der Waals surface area contributed by atoms with Crippen molar-refractivity contribution in [2.24, 2.45) is 0 Å². The zero-order valence-corrected chi connectivity index (χ0v) is 10.5. The lowest BCUT2D eigenvalue weighted by atomic mass is 10.0. The van der Waals surface area contributed by atoms with Gasteiger partial charge < -0.3 is 4.42 Å². The molecule has 0 bridgehead atoms. The molecule has 2 heteroatoms. The molecule has 3 rings (SSSR count). The van der Waals surface area contributed by atoms with Gasteiger partial charge in [0.25, 0.3) is 0 Å². The number of aryl methyl sites for hydroxylation is 1. The number of nitriles is 1. The van der Waals surface area contributed by atoms with Crippen molar-refractivity contribution in [3.63, 3.8) is 0 Å². The Morgan fingerprint density at radius 1 is 0.947 bits per heavy atom. The lowest BCUT2D eigenvalue weighted by Gasteiger charge is -2.00. The molecule has 2 nitrogen and oxygen atoms in total. The molecule has 0 saturated carbocycles. The van der Waals surface area contributed by atoms with Crippen molar-refractivity contribution in [1.29, 1.82) is 5.26 Å². The number of hydrogen-bond donors (Lipinski definition) is 0. The molecule has 2 aromatic carbocycles. The Balaban J connectivity index is 2.20. The number of furan rings is 1. The average Bonchev–Trinajstić information content (AvgIpc) is 2.85. The van der Waals surface area contributed by atoms with Gasteiger partial charge in [-0.3, -0.25) is 0 Å². The van der Waals surface area contributed by atoms with E-state index in [9.17, 15) is 0 Å². The van der Waals surface area contributed by atoms with Gasteiger partial charge in [0.2, 0.25) is 0 Å². The first kappa shape index (κ1) is 11.6. The Kier molecular flexibility index (Phi) is 3.04. The summed E-state index contributed by atoms with van der Waals surface area (Å²) in [6.45, 7) is 0. The molecule has 0 spiro atoms. The molecule has 3 aromatic rings. The molecule has 0 aliphatic carbocycles. The number of para-hydroxylation sites is 1. The monoisotopic (exact) mass is 247 g/mol. The van der Waals surface area contributed by atoms with Crippen LogP contribution in [0.3, 0.4) is 0 Å². The first-order valence-electron chi connectivity index (χ1n) is 6.33. The molecule has 0 aliphatic rings. The third-order valence-corrected chi connectivity index (χ3v) is 3.22. The number of hydrogen-bond acceptors (Lipinski definition) is 2. The van der Waals surface area contributed by atoms with Crippen molar-refractivity contribution in [3.05, 3.63) is 60.2 Å². The molecule has 0 radical (unpaired) electrons. The molecule has 0 atom stereocenters. The van der Waals surface area contributed by atoms with Crippen LogP contribution in [-0.4, -0.2) is 0 Å². The predicted molar refractivity (Wildman–Crippen MR) is 75.6 cm³/mol. The summed E-state index contributed by atoms with van der Waals surface area (Å²) < 4.78 is 5.97. The van der Waals surface area contributed by atoms with Gasteiger partial charge in [-0.1, -0.05) is 48.5 Å². The normalized spacial score (nSPS) is 10.5. The maximum absolute atomic E-state index is 8.82. The molecule has 1 aromatic heterocycles. The first-order chi connectivity index (χ1) is 9.40. The molecule has 0 unspecified atom stereocenters. The van der Waals surface area contributed by atoms with Gasteiger partial charge in [0.1, 0.15) is 11.3 Å². The highest BCUT2D eigenvalue weighted by Gasteiger charge is 2.14. The van der Waals surface area contributed by atoms with E-state index in [1.165, 1.54) is 0 Å². The van der Waals surface area contributed by atoms with Crippen molar-refractivity contribution in [3.8, 4) is 17.4 Å². The summed E-state index contributed by atoms with van der Waals surface area (Å²) >= 11 is 0. The van der Waals surface area contributed by atoms with E-state index in [1.54, 1.807) is 0 Å². The minimum atomic E-state index is 0.503. The molecule has 92 valence electrons. The summed E-state index contributed by atoms with van der Waals surface area (Å²) in [5.74, 6) is 0.886. The average molecular weight is 247 g/mol. The van der Waals surface area contributed by atoms with E-state index in [-0.39, 0.29) is 0 Å². The Bertz CT molecular complexity index is 735. The van der Waals surface area contributed by atoms with Crippen molar-refractivity contribution >= 4 is 11.0 Å². The van der Waals surface area contributed by atoms with Crippen LogP contribution in [0.25, 0.3) is 22.3 Å². The van der Waals surface area contributed by atoms with Crippen LogP contribution in [0, 0.1) is 11.3 Å². The molecule has 0 saturated heterocycles. The molecule has 0 aliphatic heterocycles. The van der Waals surface area contributed by atoms with Gasteiger partial charge in [-0.2, -0.15) is 5.26 Å². The maximum Gasteiger partial charge on any atom is 0.138 e. The molecular weight excluding hydrogens is 234 g/mol. The van der Waals surface area contributed by atoms with Gasteiger partial charge in [-0.05, 0) is 12.5 Å². The van der Waals surface area contributed by atoms with Crippen molar-refractivity contribution in [2.75, 3.05) is 0 Å². The summed E-state index contributed by atoms with van der Waals surface area (Å²) in [7, 11) is 0. The van der Waals surface area contributed by atoms with Crippen molar-refractivity contribution in [2.45, 2.75) is 12.8 Å². The second kappa shape index (κ2) is 4.99. The van der Waals surface area contributed by atoms with E-state index in [0.29, 0.717) is 6.42 Å². The predicted octanol–water partition coefficient (Wildman–Crippen LogP) is 4.56. The van der Waals surface area contributed by atoms with Crippen molar-refractivity contribution in [1.82, 2.24) is 0 Å². The van der Waals surface area contributed by atoms with E-state index in [0.717, 1.165) is 34.3 Å². The van der Waals surface area contributed by atoms with Crippen LogP contribution in [0.15, 0.2) is 59.0 Å². The quantitative estimate of drug-likeness (QED) is 0.680. The second-order valence-electron chi connectivity index (χ2n) is 4.43. The van der Waals surface area contributed by atoms with Crippen LogP contribution in [-0.2, 0) is 6.42 Å². The Labute approximate surface area is 111 Å². The van der Waals surface area contributed by atoms with Crippen molar-refractivity contribution < 1.29 is 4.42 Å². The van der Waals surface area contributed by atoms with E-state index < -0.39 is 0 Å². The lowest BCUT2D eigenvalue weighted by Crippen LogP contribution is -1.85. The lowest BCUT2D eigenvalue weighted by molar-refractivity contribution is 0.626. The molecule has 0 amide bonds. The van der Waals surface area contributed by atoms with Gasteiger partial charge in [0.15, 0.2) is 0 Å². The maximum atomic E-state index is 8.82. The summed E-state index contributed by atoms with van der Waals surface area (Å²) in [5, 5.41) is 9.93.